The molecule has 1 N–H and O–H groups in total. The lowest BCUT2D eigenvalue weighted by Gasteiger charge is -2.11. The fraction of sp³-hybridized carbons (Fsp3) is 0.190. The highest BCUT2D eigenvalue weighted by Gasteiger charge is 2.19. The van der Waals surface area contributed by atoms with E-state index in [2.05, 4.69) is 20.5 Å². The van der Waals surface area contributed by atoms with Gasteiger partial charge < -0.3 is 8.92 Å². The summed E-state index contributed by atoms with van der Waals surface area (Å²) in [4.78, 5) is 8.55. The van der Waals surface area contributed by atoms with Crippen LogP contribution in [0.25, 0.3) is 0 Å². The Balaban J connectivity index is 1.76. The number of hydrogen-bond donors (Lipinski definition) is 1. The van der Waals surface area contributed by atoms with E-state index in [1.54, 1.807) is 30.5 Å². The van der Waals surface area contributed by atoms with Crippen LogP contribution in [-0.2, 0) is 10.1 Å². The van der Waals surface area contributed by atoms with Crippen molar-refractivity contribution in [2.75, 3.05) is 12.5 Å². The van der Waals surface area contributed by atoms with Gasteiger partial charge >= 0.3 is 10.1 Å². The maximum absolute atomic E-state index is 12.5. The SMILES string of the molecule is COc1cc(/C=N/Nc2nc(C)cc(C)n2)ccc1OS(=O)(=O)c1ccc(C)cc1. The lowest BCUT2D eigenvalue weighted by atomic mass is 10.2. The lowest BCUT2D eigenvalue weighted by Crippen LogP contribution is -2.10. The highest BCUT2D eigenvalue weighted by molar-refractivity contribution is 7.87. The first-order valence-electron chi connectivity index (χ1n) is 9.07. The van der Waals surface area contributed by atoms with Crippen LogP contribution < -0.4 is 14.3 Å². The van der Waals surface area contributed by atoms with Crippen molar-refractivity contribution in [2.45, 2.75) is 25.7 Å². The molecule has 9 heteroatoms. The molecule has 3 rings (SSSR count). The normalized spacial score (nSPS) is 11.5. The van der Waals surface area contributed by atoms with Crippen molar-refractivity contribution in [3.63, 3.8) is 0 Å². The number of benzene rings is 2. The van der Waals surface area contributed by atoms with Gasteiger partial charge in [0.05, 0.1) is 13.3 Å². The van der Waals surface area contributed by atoms with Gasteiger partial charge in [0, 0.05) is 11.4 Å². The third-order valence-electron chi connectivity index (χ3n) is 4.06. The molecule has 3 aromatic rings. The van der Waals surface area contributed by atoms with Gasteiger partial charge in [0.15, 0.2) is 11.5 Å². The van der Waals surface area contributed by atoms with Gasteiger partial charge in [-0.3, -0.25) is 0 Å². The summed E-state index contributed by atoms with van der Waals surface area (Å²) in [6.45, 7) is 5.62. The number of ether oxygens (including phenoxy) is 1. The molecule has 0 saturated carbocycles. The van der Waals surface area contributed by atoms with Crippen LogP contribution in [0.4, 0.5) is 5.95 Å². The number of aryl methyl sites for hydroxylation is 3. The molecular formula is C21H22N4O4S. The average molecular weight is 426 g/mol. The van der Waals surface area contributed by atoms with E-state index >= 15 is 0 Å². The Morgan fingerprint density at radius 1 is 0.933 bits per heavy atom. The van der Waals surface area contributed by atoms with E-state index in [1.807, 2.05) is 26.8 Å². The molecule has 1 heterocycles. The van der Waals surface area contributed by atoms with Crippen molar-refractivity contribution in [1.29, 1.82) is 0 Å². The third-order valence-corrected chi connectivity index (χ3v) is 5.31. The largest absolute Gasteiger partial charge is 0.493 e. The quantitative estimate of drug-likeness (QED) is 0.350. The van der Waals surface area contributed by atoms with Gasteiger partial charge in [0.25, 0.3) is 0 Å². The van der Waals surface area contributed by atoms with E-state index in [9.17, 15) is 8.42 Å². The van der Waals surface area contributed by atoms with Crippen LogP contribution in [0.5, 0.6) is 11.5 Å². The molecule has 1 aromatic heterocycles. The van der Waals surface area contributed by atoms with E-state index in [0.717, 1.165) is 17.0 Å². The number of methoxy groups -OCH3 is 1. The van der Waals surface area contributed by atoms with Gasteiger partial charge in [-0.15, -0.1) is 0 Å². The molecule has 0 amide bonds. The minimum Gasteiger partial charge on any atom is -0.493 e. The van der Waals surface area contributed by atoms with Gasteiger partial charge in [-0.25, -0.2) is 15.4 Å². The molecular weight excluding hydrogens is 404 g/mol. The maximum Gasteiger partial charge on any atom is 0.339 e. The third kappa shape index (κ3) is 5.32. The summed E-state index contributed by atoms with van der Waals surface area (Å²) in [6, 6.07) is 13.1. The second kappa shape index (κ2) is 8.91. The van der Waals surface area contributed by atoms with E-state index in [1.165, 1.54) is 25.3 Å². The summed E-state index contributed by atoms with van der Waals surface area (Å²) < 4.78 is 35.6. The van der Waals surface area contributed by atoms with Crippen molar-refractivity contribution >= 4 is 22.3 Å². The molecule has 0 aliphatic rings. The van der Waals surface area contributed by atoms with E-state index in [4.69, 9.17) is 8.92 Å². The number of hydrogen-bond acceptors (Lipinski definition) is 8. The zero-order valence-corrected chi connectivity index (χ0v) is 17.9. The summed E-state index contributed by atoms with van der Waals surface area (Å²) in [6.07, 6.45) is 1.54. The molecule has 30 heavy (non-hydrogen) atoms. The molecule has 0 bridgehead atoms. The first-order chi connectivity index (χ1) is 14.3. The fourth-order valence-electron chi connectivity index (χ4n) is 2.65. The Bertz CT molecular complexity index is 1160. The number of hydrazone groups is 1. The summed E-state index contributed by atoms with van der Waals surface area (Å²) in [5.74, 6) is 0.734. The average Bonchev–Trinajstić information content (AvgIpc) is 2.68. The number of anilines is 1. The van der Waals surface area contributed by atoms with E-state index < -0.39 is 10.1 Å². The topological polar surface area (TPSA) is 103 Å². The predicted octanol–water partition coefficient (Wildman–Crippen LogP) is 3.62. The van der Waals surface area contributed by atoms with E-state index in [0.29, 0.717) is 11.5 Å². The second-order valence-corrected chi connectivity index (χ2v) is 8.15. The van der Waals surface area contributed by atoms with Crippen molar-refractivity contribution in [3.05, 3.63) is 71.0 Å². The van der Waals surface area contributed by atoms with Gasteiger partial charge in [-0.1, -0.05) is 17.7 Å². The van der Waals surface area contributed by atoms with Gasteiger partial charge in [-0.05, 0) is 62.7 Å². The molecule has 156 valence electrons. The van der Waals surface area contributed by atoms with Crippen LogP contribution >= 0.6 is 0 Å². The Kier molecular flexibility index (Phi) is 6.31. The molecule has 0 saturated heterocycles. The van der Waals surface area contributed by atoms with Crippen molar-refractivity contribution in [3.8, 4) is 11.5 Å². The monoisotopic (exact) mass is 426 g/mol. The van der Waals surface area contributed by atoms with Gasteiger partial charge in [0.2, 0.25) is 5.95 Å². The molecule has 0 aliphatic carbocycles. The molecule has 0 aliphatic heterocycles. The predicted molar refractivity (Wildman–Crippen MR) is 115 cm³/mol. The van der Waals surface area contributed by atoms with Crippen LogP contribution in [0, 0.1) is 20.8 Å². The lowest BCUT2D eigenvalue weighted by molar-refractivity contribution is 0.390. The van der Waals surface area contributed by atoms with Crippen molar-refractivity contribution < 1.29 is 17.3 Å². The zero-order valence-electron chi connectivity index (χ0n) is 17.1. The molecule has 0 atom stereocenters. The minimum atomic E-state index is -3.98. The molecule has 2 aromatic carbocycles. The van der Waals surface area contributed by atoms with Crippen LogP contribution in [-0.4, -0.2) is 31.7 Å². The van der Waals surface area contributed by atoms with E-state index in [-0.39, 0.29) is 16.4 Å². The first kappa shape index (κ1) is 21.3. The van der Waals surface area contributed by atoms with Gasteiger partial charge in [0.1, 0.15) is 4.90 Å². The molecule has 8 nitrogen and oxygen atoms in total. The molecule has 0 spiro atoms. The molecule has 0 radical (unpaired) electrons. The van der Waals surface area contributed by atoms with Crippen molar-refractivity contribution in [1.82, 2.24) is 9.97 Å². The molecule has 0 unspecified atom stereocenters. The van der Waals surface area contributed by atoms with Crippen LogP contribution in [0.2, 0.25) is 0 Å². The first-order valence-corrected chi connectivity index (χ1v) is 10.5. The standard InChI is InChI=1S/C21H22N4O4S/c1-14-5-8-18(9-6-14)30(26,27)29-19-10-7-17(12-20(19)28-4)13-22-25-21-23-15(2)11-16(3)24-21/h5-13H,1-4H3,(H,23,24,25)/b22-13+. The Labute approximate surface area is 175 Å². The Morgan fingerprint density at radius 3 is 2.23 bits per heavy atom. The Hall–Kier alpha value is -3.46. The highest BCUT2D eigenvalue weighted by atomic mass is 32.2. The number of rotatable bonds is 7. The minimum absolute atomic E-state index is 0.0680. The Morgan fingerprint density at radius 2 is 1.60 bits per heavy atom. The highest BCUT2D eigenvalue weighted by Crippen LogP contribution is 2.30. The van der Waals surface area contributed by atoms with Crippen LogP contribution in [0.15, 0.2) is 58.5 Å². The summed E-state index contributed by atoms with van der Waals surface area (Å²) >= 11 is 0. The summed E-state index contributed by atoms with van der Waals surface area (Å²) in [5.41, 5.74) is 6.06. The number of aromatic nitrogens is 2. The summed E-state index contributed by atoms with van der Waals surface area (Å²) in [7, 11) is -2.55. The molecule has 0 fully saturated rings. The summed E-state index contributed by atoms with van der Waals surface area (Å²) in [5, 5.41) is 4.11. The second-order valence-electron chi connectivity index (χ2n) is 6.61. The van der Waals surface area contributed by atoms with Crippen LogP contribution in [0.3, 0.4) is 0 Å². The fourth-order valence-corrected chi connectivity index (χ4v) is 3.58. The van der Waals surface area contributed by atoms with Crippen LogP contribution in [0.1, 0.15) is 22.5 Å². The number of nitrogens with one attached hydrogen (secondary N) is 1. The van der Waals surface area contributed by atoms with Crippen molar-refractivity contribution in [2.24, 2.45) is 5.10 Å². The zero-order chi connectivity index (χ0) is 21.7. The van der Waals surface area contributed by atoms with Gasteiger partial charge in [-0.2, -0.15) is 13.5 Å². The number of nitrogens with zero attached hydrogens (tertiary/aromatic N) is 3. The maximum atomic E-state index is 12.5. The smallest absolute Gasteiger partial charge is 0.339 e.